The van der Waals surface area contributed by atoms with Gasteiger partial charge in [-0.05, 0) is 6.07 Å². The van der Waals surface area contributed by atoms with E-state index in [1.54, 1.807) is 12.3 Å². The lowest BCUT2D eigenvalue weighted by molar-refractivity contribution is 0.507. The van der Waals surface area contributed by atoms with Gasteiger partial charge < -0.3 is 0 Å². The number of nitrogens with two attached hydrogens (primary N) is 1. The molecule has 0 aliphatic carbocycles. The van der Waals surface area contributed by atoms with Crippen LogP contribution >= 0.6 is 23.5 Å². The molecule has 4 unspecified atom stereocenters. The van der Waals surface area contributed by atoms with Crippen LogP contribution in [0.1, 0.15) is 25.5 Å². The molecular formula is C12H18FN3S2. The highest BCUT2D eigenvalue weighted by molar-refractivity contribution is 8.07. The van der Waals surface area contributed by atoms with E-state index in [2.05, 4.69) is 24.3 Å². The maximum absolute atomic E-state index is 13.8. The van der Waals surface area contributed by atoms with E-state index in [1.165, 1.54) is 6.20 Å². The fourth-order valence-corrected chi connectivity index (χ4v) is 5.11. The number of aromatic nitrogens is 1. The summed E-state index contributed by atoms with van der Waals surface area (Å²) < 4.78 is 13.8. The Morgan fingerprint density at radius 3 is 2.89 bits per heavy atom. The summed E-state index contributed by atoms with van der Waals surface area (Å²) in [6.45, 7) is 4.45. The lowest BCUT2D eigenvalue weighted by atomic mass is 10.1. The molecule has 3 nitrogen and oxygen atoms in total. The predicted octanol–water partition coefficient (Wildman–Crippen LogP) is 2.35. The van der Waals surface area contributed by atoms with Gasteiger partial charge >= 0.3 is 0 Å². The normalized spacial score (nSPS) is 30.1. The zero-order valence-electron chi connectivity index (χ0n) is 10.5. The molecule has 1 aromatic heterocycles. The summed E-state index contributed by atoms with van der Waals surface area (Å²) in [5.41, 5.74) is 3.37. The van der Waals surface area contributed by atoms with Crippen molar-refractivity contribution < 1.29 is 4.39 Å². The van der Waals surface area contributed by atoms with Gasteiger partial charge in [0.25, 0.3) is 0 Å². The molecule has 1 aliphatic heterocycles. The molecule has 4 atom stereocenters. The molecule has 18 heavy (non-hydrogen) atoms. The van der Waals surface area contributed by atoms with Crippen LogP contribution in [0.15, 0.2) is 18.5 Å². The quantitative estimate of drug-likeness (QED) is 0.660. The van der Waals surface area contributed by atoms with Crippen LogP contribution in [-0.2, 0) is 0 Å². The molecule has 2 heterocycles. The summed E-state index contributed by atoms with van der Waals surface area (Å²) in [5, 5.41) is 1.46. The molecule has 1 aromatic rings. The molecule has 3 N–H and O–H groups in total. The zero-order chi connectivity index (χ0) is 13.1. The van der Waals surface area contributed by atoms with Crippen molar-refractivity contribution in [1.82, 2.24) is 10.4 Å². The maximum atomic E-state index is 13.8. The molecular weight excluding hydrogens is 269 g/mol. The van der Waals surface area contributed by atoms with Crippen molar-refractivity contribution in [1.29, 1.82) is 0 Å². The monoisotopic (exact) mass is 287 g/mol. The number of thioether (sulfide) groups is 2. The van der Waals surface area contributed by atoms with Crippen molar-refractivity contribution in [2.24, 2.45) is 5.84 Å². The predicted molar refractivity (Wildman–Crippen MR) is 77.0 cm³/mol. The first-order valence-corrected chi connectivity index (χ1v) is 7.95. The van der Waals surface area contributed by atoms with Crippen LogP contribution in [-0.4, -0.2) is 26.5 Å². The van der Waals surface area contributed by atoms with E-state index in [0.29, 0.717) is 16.1 Å². The van der Waals surface area contributed by atoms with Crippen LogP contribution in [0.4, 0.5) is 4.39 Å². The van der Waals surface area contributed by atoms with Gasteiger partial charge in [-0.3, -0.25) is 16.3 Å². The number of halogens is 1. The topological polar surface area (TPSA) is 50.9 Å². The second-order valence-corrected chi connectivity index (χ2v) is 7.49. The summed E-state index contributed by atoms with van der Waals surface area (Å²) in [5.74, 6) is 6.31. The molecule has 0 amide bonds. The Morgan fingerprint density at radius 1 is 1.50 bits per heavy atom. The third-order valence-electron chi connectivity index (χ3n) is 3.26. The fraction of sp³-hybridized carbons (Fsp3) is 0.583. The van der Waals surface area contributed by atoms with Gasteiger partial charge in [-0.1, -0.05) is 13.8 Å². The van der Waals surface area contributed by atoms with Gasteiger partial charge in [0.15, 0.2) is 0 Å². The van der Waals surface area contributed by atoms with E-state index in [9.17, 15) is 4.39 Å². The van der Waals surface area contributed by atoms with Crippen LogP contribution in [0.5, 0.6) is 0 Å². The smallest absolute Gasteiger partial charge is 0.146 e. The van der Waals surface area contributed by atoms with Gasteiger partial charge in [0.05, 0.1) is 12.2 Å². The van der Waals surface area contributed by atoms with Gasteiger partial charge in [-0.25, -0.2) is 4.39 Å². The molecule has 6 heteroatoms. The molecule has 1 saturated heterocycles. The van der Waals surface area contributed by atoms with Crippen LogP contribution in [0.3, 0.4) is 0 Å². The molecule has 0 aromatic carbocycles. The second-order valence-electron chi connectivity index (χ2n) is 4.46. The summed E-state index contributed by atoms with van der Waals surface area (Å²) in [7, 11) is 0. The van der Waals surface area contributed by atoms with Crippen LogP contribution in [0, 0.1) is 5.82 Å². The Kier molecular flexibility index (Phi) is 4.89. The Hall–Kier alpha value is -0.300. The van der Waals surface area contributed by atoms with Crippen LogP contribution in [0.2, 0.25) is 0 Å². The average Bonchev–Trinajstić information content (AvgIpc) is 2.37. The zero-order valence-corrected chi connectivity index (χ0v) is 12.1. The van der Waals surface area contributed by atoms with Gasteiger partial charge in [0.1, 0.15) is 5.82 Å². The fourth-order valence-electron chi connectivity index (χ4n) is 2.02. The van der Waals surface area contributed by atoms with Gasteiger partial charge in [-0.2, -0.15) is 23.5 Å². The van der Waals surface area contributed by atoms with Crippen LogP contribution in [0.25, 0.3) is 0 Å². The number of hydrogen-bond acceptors (Lipinski definition) is 5. The van der Waals surface area contributed by atoms with Crippen molar-refractivity contribution in [2.45, 2.75) is 35.6 Å². The second kappa shape index (κ2) is 6.23. The average molecular weight is 287 g/mol. The largest absolute Gasteiger partial charge is 0.271 e. The third kappa shape index (κ3) is 2.99. The Labute approximate surface area is 115 Å². The van der Waals surface area contributed by atoms with Crippen molar-refractivity contribution in [3.05, 3.63) is 29.8 Å². The summed E-state index contributed by atoms with van der Waals surface area (Å²) in [6.07, 6.45) is 2.85. The summed E-state index contributed by atoms with van der Waals surface area (Å²) >= 11 is 3.80. The van der Waals surface area contributed by atoms with Crippen LogP contribution < -0.4 is 11.3 Å². The number of hydrogen-bond donors (Lipinski definition) is 2. The first-order valence-electron chi connectivity index (χ1n) is 5.96. The number of nitrogens with one attached hydrogen (secondary N) is 1. The minimum atomic E-state index is -0.294. The maximum Gasteiger partial charge on any atom is 0.146 e. The lowest BCUT2D eigenvalue weighted by Gasteiger charge is -2.35. The SMILES string of the molecule is CC1SCC(C(NN)c2ccncc2F)SC1C. The highest BCUT2D eigenvalue weighted by Crippen LogP contribution is 2.41. The molecule has 100 valence electrons. The van der Waals surface area contributed by atoms with Crippen molar-refractivity contribution in [3.63, 3.8) is 0 Å². The van der Waals surface area contributed by atoms with Gasteiger partial charge in [-0.15, -0.1) is 0 Å². The minimum Gasteiger partial charge on any atom is -0.271 e. The third-order valence-corrected chi connectivity index (χ3v) is 6.76. The standard InChI is InChI=1S/C12H18FN3S2/c1-7-8(2)18-11(6-17-7)12(16-14)9-3-4-15-5-10(9)13/h3-5,7-8,11-12,16H,6,14H2,1-2H3. The highest BCUT2D eigenvalue weighted by Gasteiger charge is 2.32. The Bertz CT molecular complexity index is 405. The van der Waals surface area contributed by atoms with Crippen molar-refractivity contribution in [2.75, 3.05) is 5.75 Å². The van der Waals surface area contributed by atoms with Gasteiger partial charge in [0.2, 0.25) is 0 Å². The highest BCUT2D eigenvalue weighted by atomic mass is 32.2. The molecule has 2 rings (SSSR count). The van der Waals surface area contributed by atoms with E-state index >= 15 is 0 Å². The first-order chi connectivity index (χ1) is 8.63. The minimum absolute atomic E-state index is 0.166. The molecule has 0 radical (unpaired) electrons. The molecule has 0 bridgehead atoms. The number of rotatable bonds is 3. The van der Waals surface area contributed by atoms with Crippen molar-refractivity contribution in [3.8, 4) is 0 Å². The van der Waals surface area contributed by atoms with E-state index in [1.807, 2.05) is 23.5 Å². The lowest BCUT2D eigenvalue weighted by Crippen LogP contribution is -2.40. The number of nitrogens with zero attached hydrogens (tertiary/aromatic N) is 1. The molecule has 1 fully saturated rings. The van der Waals surface area contributed by atoms with E-state index in [0.717, 1.165) is 5.75 Å². The van der Waals surface area contributed by atoms with E-state index in [-0.39, 0.29) is 17.1 Å². The van der Waals surface area contributed by atoms with Gasteiger partial charge in [0, 0.05) is 33.3 Å². The molecule has 0 spiro atoms. The first kappa shape index (κ1) is 14.1. The number of pyridine rings is 1. The molecule has 1 aliphatic rings. The summed E-state index contributed by atoms with van der Waals surface area (Å²) in [6, 6.07) is 1.54. The van der Waals surface area contributed by atoms with E-state index < -0.39 is 0 Å². The Balaban J connectivity index is 2.17. The molecule has 0 saturated carbocycles. The van der Waals surface area contributed by atoms with E-state index in [4.69, 9.17) is 5.84 Å². The van der Waals surface area contributed by atoms with Crippen molar-refractivity contribution >= 4 is 23.5 Å². The number of hydrazine groups is 1. The Morgan fingerprint density at radius 2 is 2.28 bits per heavy atom. The summed E-state index contributed by atoms with van der Waals surface area (Å²) in [4.78, 5) is 3.78.